The molecule has 0 aliphatic rings. The minimum atomic E-state index is -0.634. The summed E-state index contributed by atoms with van der Waals surface area (Å²) in [4.78, 5) is 12.3. The number of para-hydroxylation sites is 1. The number of rotatable bonds is 6. The molecule has 0 unspecified atom stereocenters. The summed E-state index contributed by atoms with van der Waals surface area (Å²) in [7, 11) is 1.61. The maximum atomic E-state index is 12.3. The number of halogens is 1. The van der Waals surface area contributed by atoms with Crippen LogP contribution in [-0.2, 0) is 4.79 Å². The van der Waals surface area contributed by atoms with Crippen LogP contribution in [0.2, 0.25) is 5.02 Å². The molecule has 0 aromatic heterocycles. The largest absolute Gasteiger partial charge is 0.496 e. The molecular formula is C18H20ClNO3. The third-order valence-corrected chi connectivity index (χ3v) is 3.68. The second-order valence-electron chi connectivity index (χ2n) is 5.19. The third kappa shape index (κ3) is 4.63. The SMILES string of the molecule is COc1ccccc1[C@H](C)NC(=O)[C@@H](C)Oc1cccc(Cl)c1. The van der Waals surface area contributed by atoms with Crippen molar-refractivity contribution in [3.05, 3.63) is 59.1 Å². The fraction of sp³-hybridized carbons (Fsp3) is 0.278. The van der Waals surface area contributed by atoms with Crippen molar-refractivity contribution in [1.29, 1.82) is 0 Å². The smallest absolute Gasteiger partial charge is 0.261 e. The number of methoxy groups -OCH3 is 1. The molecule has 2 aromatic carbocycles. The molecule has 2 rings (SSSR count). The Morgan fingerprint density at radius 1 is 1.13 bits per heavy atom. The maximum Gasteiger partial charge on any atom is 0.261 e. The van der Waals surface area contributed by atoms with Crippen molar-refractivity contribution in [2.75, 3.05) is 7.11 Å². The molecule has 0 fully saturated rings. The first kappa shape index (κ1) is 17.2. The second kappa shape index (κ2) is 7.88. The van der Waals surface area contributed by atoms with Gasteiger partial charge in [0.15, 0.2) is 6.10 Å². The summed E-state index contributed by atoms with van der Waals surface area (Å²) in [6, 6.07) is 14.4. The van der Waals surface area contributed by atoms with Gasteiger partial charge in [-0.2, -0.15) is 0 Å². The molecular weight excluding hydrogens is 314 g/mol. The zero-order chi connectivity index (χ0) is 16.8. The van der Waals surface area contributed by atoms with Gasteiger partial charge in [-0.3, -0.25) is 4.79 Å². The van der Waals surface area contributed by atoms with Gasteiger partial charge < -0.3 is 14.8 Å². The molecule has 0 saturated carbocycles. The van der Waals surface area contributed by atoms with E-state index in [-0.39, 0.29) is 11.9 Å². The predicted octanol–water partition coefficient (Wildman–Crippen LogP) is 3.99. The van der Waals surface area contributed by atoms with Gasteiger partial charge in [-0.05, 0) is 38.1 Å². The first-order valence-electron chi connectivity index (χ1n) is 7.36. The highest BCUT2D eigenvalue weighted by molar-refractivity contribution is 6.30. The molecule has 4 nitrogen and oxygen atoms in total. The monoisotopic (exact) mass is 333 g/mol. The summed E-state index contributed by atoms with van der Waals surface area (Å²) in [5.74, 6) is 1.09. The number of carbonyl (C=O) groups excluding carboxylic acids is 1. The van der Waals surface area contributed by atoms with Crippen molar-refractivity contribution in [2.24, 2.45) is 0 Å². The molecule has 23 heavy (non-hydrogen) atoms. The van der Waals surface area contributed by atoms with Gasteiger partial charge in [0.25, 0.3) is 5.91 Å². The lowest BCUT2D eigenvalue weighted by Gasteiger charge is -2.20. The molecule has 1 N–H and O–H groups in total. The summed E-state index contributed by atoms with van der Waals surface area (Å²) in [5.41, 5.74) is 0.915. The van der Waals surface area contributed by atoms with Crippen LogP contribution >= 0.6 is 11.6 Å². The van der Waals surface area contributed by atoms with Crippen LogP contribution in [-0.4, -0.2) is 19.1 Å². The van der Waals surface area contributed by atoms with Gasteiger partial charge >= 0.3 is 0 Å². The number of hydrogen-bond acceptors (Lipinski definition) is 3. The van der Waals surface area contributed by atoms with Crippen LogP contribution in [0.4, 0.5) is 0 Å². The second-order valence-corrected chi connectivity index (χ2v) is 5.63. The van der Waals surface area contributed by atoms with Crippen molar-refractivity contribution in [1.82, 2.24) is 5.32 Å². The van der Waals surface area contributed by atoms with Crippen LogP contribution in [0.25, 0.3) is 0 Å². The van der Waals surface area contributed by atoms with Crippen LogP contribution < -0.4 is 14.8 Å². The van der Waals surface area contributed by atoms with Crippen LogP contribution in [0.1, 0.15) is 25.5 Å². The highest BCUT2D eigenvalue weighted by Crippen LogP contribution is 2.24. The Labute approximate surface area is 141 Å². The van der Waals surface area contributed by atoms with Gasteiger partial charge in [-0.1, -0.05) is 35.9 Å². The predicted molar refractivity (Wildman–Crippen MR) is 91.1 cm³/mol. The van der Waals surface area contributed by atoms with Crippen molar-refractivity contribution >= 4 is 17.5 Å². The Morgan fingerprint density at radius 2 is 1.87 bits per heavy atom. The van der Waals surface area contributed by atoms with E-state index in [0.717, 1.165) is 11.3 Å². The number of carbonyl (C=O) groups is 1. The summed E-state index contributed by atoms with van der Waals surface area (Å²) in [6.45, 7) is 3.60. The molecule has 0 saturated heterocycles. The number of amides is 1. The highest BCUT2D eigenvalue weighted by atomic mass is 35.5. The molecule has 0 heterocycles. The van der Waals surface area contributed by atoms with E-state index in [1.165, 1.54) is 0 Å². The van der Waals surface area contributed by atoms with Crippen molar-refractivity contribution in [3.63, 3.8) is 0 Å². The van der Waals surface area contributed by atoms with Gasteiger partial charge in [-0.25, -0.2) is 0 Å². The average Bonchev–Trinajstić information content (AvgIpc) is 2.54. The lowest BCUT2D eigenvalue weighted by Crippen LogP contribution is -2.37. The first-order chi connectivity index (χ1) is 11.0. The molecule has 1 amide bonds. The van der Waals surface area contributed by atoms with Crippen LogP contribution in [0, 0.1) is 0 Å². The zero-order valence-electron chi connectivity index (χ0n) is 13.4. The number of ether oxygens (including phenoxy) is 2. The standard InChI is InChI=1S/C18H20ClNO3/c1-12(16-9-4-5-10-17(16)22-3)20-18(21)13(2)23-15-8-6-7-14(19)11-15/h4-13H,1-3H3,(H,20,21)/t12-,13+/m0/s1. The van der Waals surface area contributed by atoms with Gasteiger partial charge in [0.2, 0.25) is 0 Å². The molecule has 0 radical (unpaired) electrons. The number of nitrogens with one attached hydrogen (secondary N) is 1. The molecule has 0 spiro atoms. The Bertz CT molecular complexity index is 675. The summed E-state index contributed by atoms with van der Waals surface area (Å²) in [5, 5.41) is 3.50. The van der Waals surface area contributed by atoms with Gasteiger partial charge in [0.05, 0.1) is 13.2 Å². The molecule has 0 aliphatic heterocycles. The minimum absolute atomic E-state index is 0.191. The van der Waals surface area contributed by atoms with E-state index in [4.69, 9.17) is 21.1 Å². The zero-order valence-corrected chi connectivity index (χ0v) is 14.1. The van der Waals surface area contributed by atoms with Crippen LogP contribution in [0.15, 0.2) is 48.5 Å². The quantitative estimate of drug-likeness (QED) is 0.869. The van der Waals surface area contributed by atoms with E-state index in [1.54, 1.807) is 38.3 Å². The number of hydrogen-bond donors (Lipinski definition) is 1. The average molecular weight is 334 g/mol. The van der Waals surface area contributed by atoms with Gasteiger partial charge in [0, 0.05) is 10.6 Å². The van der Waals surface area contributed by atoms with Crippen molar-refractivity contribution < 1.29 is 14.3 Å². The van der Waals surface area contributed by atoms with Crippen molar-refractivity contribution in [2.45, 2.75) is 26.0 Å². The van der Waals surface area contributed by atoms with E-state index in [2.05, 4.69) is 5.32 Å². The molecule has 2 atom stereocenters. The fourth-order valence-electron chi connectivity index (χ4n) is 2.23. The summed E-state index contributed by atoms with van der Waals surface area (Å²) in [6.07, 6.45) is -0.634. The summed E-state index contributed by atoms with van der Waals surface area (Å²) < 4.78 is 10.9. The van der Waals surface area contributed by atoms with E-state index in [1.807, 2.05) is 31.2 Å². The third-order valence-electron chi connectivity index (χ3n) is 3.44. The normalized spacial score (nSPS) is 13.0. The Balaban J connectivity index is 2.00. The topological polar surface area (TPSA) is 47.6 Å². The first-order valence-corrected chi connectivity index (χ1v) is 7.74. The Kier molecular flexibility index (Phi) is 5.88. The Hall–Kier alpha value is -2.20. The van der Waals surface area contributed by atoms with E-state index in [0.29, 0.717) is 10.8 Å². The minimum Gasteiger partial charge on any atom is -0.496 e. The van der Waals surface area contributed by atoms with E-state index >= 15 is 0 Å². The molecule has 0 aliphatic carbocycles. The molecule has 5 heteroatoms. The van der Waals surface area contributed by atoms with E-state index < -0.39 is 6.10 Å². The molecule has 0 bridgehead atoms. The van der Waals surface area contributed by atoms with Crippen molar-refractivity contribution in [3.8, 4) is 11.5 Å². The van der Waals surface area contributed by atoms with Crippen LogP contribution in [0.3, 0.4) is 0 Å². The molecule has 2 aromatic rings. The lowest BCUT2D eigenvalue weighted by molar-refractivity contribution is -0.127. The number of benzene rings is 2. The van der Waals surface area contributed by atoms with Gasteiger partial charge in [0.1, 0.15) is 11.5 Å². The van der Waals surface area contributed by atoms with Crippen LogP contribution in [0.5, 0.6) is 11.5 Å². The summed E-state index contributed by atoms with van der Waals surface area (Å²) >= 11 is 5.91. The fourth-order valence-corrected chi connectivity index (χ4v) is 2.41. The van der Waals surface area contributed by atoms with Gasteiger partial charge in [-0.15, -0.1) is 0 Å². The highest BCUT2D eigenvalue weighted by Gasteiger charge is 2.19. The molecule has 122 valence electrons. The maximum absolute atomic E-state index is 12.3. The Morgan fingerprint density at radius 3 is 2.57 bits per heavy atom. The van der Waals surface area contributed by atoms with E-state index in [9.17, 15) is 4.79 Å². The lowest BCUT2D eigenvalue weighted by atomic mass is 10.1.